The molecule has 0 bridgehead atoms. The minimum atomic E-state index is -1.89. The minimum absolute atomic E-state index is 0.137. The van der Waals surface area contributed by atoms with Gasteiger partial charge in [-0.1, -0.05) is 57.7 Å². The summed E-state index contributed by atoms with van der Waals surface area (Å²) < 4.78 is 31.2. The Morgan fingerprint density at radius 2 is 1.76 bits per heavy atom. The molecule has 0 aromatic heterocycles. The molecule has 6 heteroatoms. The molecule has 0 aliphatic carbocycles. The molecular formula is C27H44O5Si. The van der Waals surface area contributed by atoms with Crippen molar-refractivity contribution in [2.45, 2.75) is 110 Å². The fraction of sp³-hybridized carbons (Fsp3) is 0.704. The molecule has 0 saturated carbocycles. The van der Waals surface area contributed by atoms with Gasteiger partial charge in [0.25, 0.3) is 0 Å². The number of hydrogen-bond donors (Lipinski definition) is 0. The van der Waals surface area contributed by atoms with Crippen LogP contribution in [0.1, 0.15) is 59.9 Å². The average Bonchev–Trinajstić information content (AvgIpc) is 3.18. The monoisotopic (exact) mass is 476 g/mol. The van der Waals surface area contributed by atoms with Gasteiger partial charge in [0.2, 0.25) is 0 Å². The quantitative estimate of drug-likeness (QED) is 0.287. The van der Waals surface area contributed by atoms with Gasteiger partial charge in [-0.2, -0.15) is 0 Å². The van der Waals surface area contributed by atoms with Gasteiger partial charge < -0.3 is 23.4 Å². The zero-order valence-electron chi connectivity index (χ0n) is 21.9. The van der Waals surface area contributed by atoms with Crippen LogP contribution in [0.15, 0.2) is 42.5 Å². The van der Waals surface area contributed by atoms with Gasteiger partial charge in [-0.3, -0.25) is 0 Å². The van der Waals surface area contributed by atoms with Gasteiger partial charge in [0, 0.05) is 12.5 Å². The largest absolute Gasteiger partial charge is 0.416 e. The molecule has 2 fully saturated rings. The molecular weight excluding hydrogens is 432 g/mol. The van der Waals surface area contributed by atoms with Crippen molar-refractivity contribution in [3.05, 3.63) is 48.0 Å². The lowest BCUT2D eigenvalue weighted by atomic mass is 9.91. The van der Waals surface area contributed by atoms with E-state index in [-0.39, 0.29) is 35.6 Å². The molecule has 2 aliphatic heterocycles. The van der Waals surface area contributed by atoms with E-state index in [1.807, 2.05) is 32.0 Å². The van der Waals surface area contributed by atoms with Crippen LogP contribution in [0.2, 0.25) is 18.1 Å². The average molecular weight is 477 g/mol. The van der Waals surface area contributed by atoms with Crippen molar-refractivity contribution in [1.29, 1.82) is 0 Å². The molecule has 0 spiro atoms. The van der Waals surface area contributed by atoms with E-state index in [9.17, 15) is 0 Å². The van der Waals surface area contributed by atoms with Crippen molar-refractivity contribution >= 4 is 8.32 Å². The summed E-state index contributed by atoms with van der Waals surface area (Å²) in [6, 6.07) is 10.3. The van der Waals surface area contributed by atoms with Gasteiger partial charge in [-0.15, -0.1) is 0 Å². The molecule has 2 aliphatic rings. The van der Waals surface area contributed by atoms with Crippen LogP contribution < -0.4 is 0 Å². The van der Waals surface area contributed by atoms with E-state index in [0.717, 1.165) is 18.4 Å². The number of rotatable bonds is 10. The Morgan fingerprint density at radius 1 is 1.09 bits per heavy atom. The second-order valence-corrected chi connectivity index (χ2v) is 16.4. The van der Waals surface area contributed by atoms with Gasteiger partial charge in [0.1, 0.15) is 6.10 Å². The van der Waals surface area contributed by atoms with Crippen LogP contribution in [-0.4, -0.2) is 45.3 Å². The smallest absolute Gasteiger partial charge is 0.191 e. The Hall–Kier alpha value is -1.02. The van der Waals surface area contributed by atoms with Gasteiger partial charge in [-0.05, 0) is 62.9 Å². The Morgan fingerprint density at radius 3 is 2.36 bits per heavy atom. The maximum Gasteiger partial charge on any atom is 0.191 e. The van der Waals surface area contributed by atoms with E-state index < -0.39 is 14.1 Å². The highest BCUT2D eigenvalue weighted by Gasteiger charge is 2.52. The molecule has 2 saturated heterocycles. The Bertz CT molecular complexity index is 785. The molecule has 186 valence electrons. The van der Waals surface area contributed by atoms with Crippen LogP contribution in [-0.2, 0) is 30.0 Å². The molecule has 2 heterocycles. The molecule has 1 aromatic rings. The van der Waals surface area contributed by atoms with E-state index in [4.69, 9.17) is 23.4 Å². The van der Waals surface area contributed by atoms with E-state index in [2.05, 4.69) is 59.5 Å². The number of benzene rings is 1. The van der Waals surface area contributed by atoms with Crippen LogP contribution in [0, 0.1) is 5.92 Å². The van der Waals surface area contributed by atoms with Crippen LogP contribution in [0.5, 0.6) is 0 Å². The van der Waals surface area contributed by atoms with Crippen LogP contribution in [0.25, 0.3) is 0 Å². The van der Waals surface area contributed by atoms with Gasteiger partial charge in [0.15, 0.2) is 20.4 Å². The van der Waals surface area contributed by atoms with Gasteiger partial charge in [-0.25, -0.2) is 0 Å². The first-order valence-electron chi connectivity index (χ1n) is 12.3. The predicted octanol–water partition coefficient (Wildman–Crippen LogP) is 6.44. The third-order valence-corrected chi connectivity index (χ3v) is 11.8. The van der Waals surface area contributed by atoms with Crippen molar-refractivity contribution in [2.75, 3.05) is 6.61 Å². The first kappa shape index (κ1) is 26.6. The lowest BCUT2D eigenvalue weighted by Crippen LogP contribution is -2.43. The Balaban J connectivity index is 1.62. The van der Waals surface area contributed by atoms with E-state index in [0.29, 0.717) is 13.2 Å². The lowest BCUT2D eigenvalue weighted by molar-refractivity contribution is -0.205. The Labute approximate surface area is 201 Å². The molecule has 3 rings (SSSR count). The molecule has 5 atom stereocenters. The summed E-state index contributed by atoms with van der Waals surface area (Å²) in [5, 5.41) is 0.157. The summed E-state index contributed by atoms with van der Waals surface area (Å²) in [7, 11) is -1.89. The highest BCUT2D eigenvalue weighted by atomic mass is 28.4. The summed E-state index contributed by atoms with van der Waals surface area (Å²) in [4.78, 5) is 0. The third kappa shape index (κ3) is 6.77. The number of hydrogen-bond acceptors (Lipinski definition) is 5. The first-order chi connectivity index (χ1) is 15.3. The second-order valence-electron chi connectivity index (χ2n) is 11.6. The van der Waals surface area contributed by atoms with Crippen molar-refractivity contribution < 1.29 is 23.4 Å². The van der Waals surface area contributed by atoms with Crippen molar-refractivity contribution in [3.63, 3.8) is 0 Å². The molecule has 0 amide bonds. The lowest BCUT2D eigenvalue weighted by Gasteiger charge is -2.38. The van der Waals surface area contributed by atoms with Crippen molar-refractivity contribution in [3.8, 4) is 0 Å². The molecule has 5 nitrogen and oxygen atoms in total. The van der Waals surface area contributed by atoms with Crippen LogP contribution in [0.3, 0.4) is 0 Å². The molecule has 0 N–H and O–H groups in total. The summed E-state index contributed by atoms with van der Waals surface area (Å²) in [6.07, 6.45) is 1.25. The second kappa shape index (κ2) is 10.3. The summed E-state index contributed by atoms with van der Waals surface area (Å²) in [5.41, 5.74) is 2.16. The zero-order chi connectivity index (χ0) is 24.4. The fourth-order valence-corrected chi connectivity index (χ4v) is 5.15. The van der Waals surface area contributed by atoms with E-state index in [1.165, 1.54) is 5.56 Å². The first-order valence-corrected chi connectivity index (χ1v) is 15.2. The third-order valence-electron chi connectivity index (χ3n) is 7.28. The van der Waals surface area contributed by atoms with Crippen LogP contribution in [0.4, 0.5) is 0 Å². The highest BCUT2D eigenvalue weighted by Crippen LogP contribution is 2.43. The topological polar surface area (TPSA) is 46.2 Å². The molecule has 0 radical (unpaired) electrons. The number of fused-ring (bicyclic) bond motifs is 1. The SMILES string of the molecule is C=C1[C@H]([C@@H](CCC(C)OCc2ccccc2)CO[Si](C)(C)C(C)(C)C)O[C@@H]2OC(C)(C)O[C@H]12. The fourth-order valence-electron chi connectivity index (χ4n) is 4.09. The van der Waals surface area contributed by atoms with Crippen molar-refractivity contribution in [2.24, 2.45) is 5.92 Å². The summed E-state index contributed by atoms with van der Waals surface area (Å²) >= 11 is 0. The van der Waals surface area contributed by atoms with Crippen LogP contribution >= 0.6 is 0 Å². The Kier molecular flexibility index (Phi) is 8.30. The van der Waals surface area contributed by atoms with Crippen molar-refractivity contribution in [1.82, 2.24) is 0 Å². The van der Waals surface area contributed by atoms with Gasteiger partial charge >= 0.3 is 0 Å². The predicted molar refractivity (Wildman–Crippen MR) is 134 cm³/mol. The molecule has 1 aromatic carbocycles. The minimum Gasteiger partial charge on any atom is -0.416 e. The normalized spacial score (nSPS) is 26.9. The highest BCUT2D eigenvalue weighted by molar-refractivity contribution is 6.74. The van der Waals surface area contributed by atoms with Gasteiger partial charge in [0.05, 0.1) is 18.8 Å². The van der Waals surface area contributed by atoms with E-state index in [1.54, 1.807) is 0 Å². The maximum absolute atomic E-state index is 6.64. The standard InChI is InChI=1S/C27H44O5Si/c1-19(28-17-21-13-11-10-12-14-21)15-16-22(18-29-33(8,9)26(3,4)5)23-20(2)24-25(30-23)32-27(6,7)31-24/h10-14,19,22-25H,2,15-18H2,1,3-9H3/t19?,22-,23+,24+,25+/m0/s1. The molecule has 1 unspecified atom stereocenters. The van der Waals surface area contributed by atoms with E-state index >= 15 is 0 Å². The molecule has 33 heavy (non-hydrogen) atoms. The summed E-state index contributed by atoms with van der Waals surface area (Å²) in [6.45, 7) is 23.0. The number of ether oxygens (including phenoxy) is 4. The zero-order valence-corrected chi connectivity index (χ0v) is 22.9. The summed E-state index contributed by atoms with van der Waals surface area (Å²) in [5.74, 6) is -0.466. The maximum atomic E-state index is 6.64.